The van der Waals surface area contributed by atoms with E-state index in [-0.39, 0.29) is 32.1 Å². The van der Waals surface area contributed by atoms with Crippen LogP contribution in [0.15, 0.2) is 17.1 Å². The van der Waals surface area contributed by atoms with E-state index in [2.05, 4.69) is 16.9 Å². The van der Waals surface area contributed by atoms with Crippen molar-refractivity contribution in [2.45, 2.75) is 49.3 Å². The van der Waals surface area contributed by atoms with Gasteiger partial charge < -0.3 is 5.32 Å². The molecule has 0 aromatic rings. The van der Waals surface area contributed by atoms with E-state index in [9.17, 15) is 21.6 Å². The van der Waals surface area contributed by atoms with E-state index >= 15 is 0 Å². The molecule has 0 spiro atoms. The Hall–Kier alpha value is -0.950. The number of amidine groups is 1. The molecule has 1 atom stereocenters. The monoisotopic (exact) mass is 454 g/mol. The second kappa shape index (κ2) is 9.24. The van der Waals surface area contributed by atoms with Gasteiger partial charge in [0.05, 0.1) is 25.7 Å². The van der Waals surface area contributed by atoms with Gasteiger partial charge in [-0.15, -0.1) is 0 Å². The Kier molecular flexibility index (Phi) is 7.70. The number of nitrogens with one attached hydrogen (secondary N) is 1. The van der Waals surface area contributed by atoms with Crippen molar-refractivity contribution in [2.75, 3.05) is 25.7 Å². The summed E-state index contributed by atoms with van der Waals surface area (Å²) >= 11 is 1.16. The molecule has 0 saturated heterocycles. The lowest BCUT2D eigenvalue weighted by atomic mass is 9.91. The summed E-state index contributed by atoms with van der Waals surface area (Å²) in [6.45, 7) is 3.64. The number of thioether (sulfide) groups is 1. The number of hydrogen-bond donors (Lipinski definition) is 1. The highest BCUT2D eigenvalue weighted by atomic mass is 32.2. The second-order valence-corrected chi connectivity index (χ2v) is 11.6. The number of aliphatic imine (C=N–C) groups is 1. The molecule has 1 unspecified atom stereocenters. The van der Waals surface area contributed by atoms with Gasteiger partial charge in [-0.3, -0.25) is 13.2 Å². The Morgan fingerprint density at radius 1 is 1.14 bits per heavy atom. The van der Waals surface area contributed by atoms with Crippen LogP contribution in [0.4, 0.5) is 0 Å². The van der Waals surface area contributed by atoms with Crippen molar-refractivity contribution >= 4 is 43.1 Å². The van der Waals surface area contributed by atoms with Gasteiger partial charge in [0.25, 0.3) is 26.1 Å². The van der Waals surface area contributed by atoms with E-state index in [4.69, 9.17) is 8.37 Å². The molecule has 9 nitrogen and oxygen atoms in total. The summed E-state index contributed by atoms with van der Waals surface area (Å²) in [5, 5.41) is 3.67. The maximum atomic E-state index is 12.7. The molecule has 0 bridgehead atoms. The Labute approximate surface area is 170 Å². The molecule has 1 fully saturated rings. The highest BCUT2D eigenvalue weighted by Crippen LogP contribution is 2.40. The molecule has 1 aliphatic heterocycles. The molecule has 12 heteroatoms. The van der Waals surface area contributed by atoms with Crippen LogP contribution in [0, 0.1) is 0 Å². The molecular weight excluding hydrogens is 428 g/mol. The van der Waals surface area contributed by atoms with Crippen LogP contribution in [0.3, 0.4) is 0 Å². The number of nitrogens with zero attached hydrogens (tertiary/aromatic N) is 1. The maximum Gasteiger partial charge on any atom is 0.264 e. The molecule has 1 aliphatic carbocycles. The van der Waals surface area contributed by atoms with Gasteiger partial charge in [-0.1, -0.05) is 30.3 Å². The largest absolute Gasteiger partial charge is 0.358 e. The van der Waals surface area contributed by atoms with Gasteiger partial charge in [-0.2, -0.15) is 21.8 Å². The van der Waals surface area contributed by atoms with Crippen LogP contribution in [-0.4, -0.2) is 64.4 Å². The molecule has 160 valence electrons. The summed E-state index contributed by atoms with van der Waals surface area (Å²) in [4.78, 5) is 16.7. The van der Waals surface area contributed by atoms with Gasteiger partial charge >= 0.3 is 0 Å². The summed E-state index contributed by atoms with van der Waals surface area (Å²) in [6, 6.07) is 0.0307. The second-order valence-electron chi connectivity index (χ2n) is 6.97. The lowest BCUT2D eigenvalue weighted by Gasteiger charge is -2.28. The number of rotatable bonds is 9. The van der Waals surface area contributed by atoms with Crippen LogP contribution in [0.5, 0.6) is 0 Å². The molecule has 1 heterocycles. The minimum atomic E-state index is -3.66. The van der Waals surface area contributed by atoms with E-state index in [0.717, 1.165) is 55.5 Å². The molecule has 1 N–H and O–H groups in total. The zero-order chi connectivity index (χ0) is 21.0. The molecule has 1 amide bonds. The molecule has 2 aliphatic rings. The highest BCUT2D eigenvalue weighted by Gasteiger charge is 2.46. The third-order valence-electron chi connectivity index (χ3n) is 4.52. The van der Waals surface area contributed by atoms with E-state index in [0.29, 0.717) is 5.17 Å². The molecule has 28 heavy (non-hydrogen) atoms. The molecule has 2 rings (SSSR count). The first-order chi connectivity index (χ1) is 12.9. The highest BCUT2D eigenvalue weighted by molar-refractivity contribution is 8.16. The SMILES string of the molecule is C=C1CCCCC1NC1=NC(=O)C(CCOS(C)(=O)=O)(CCOS(C)(=O)=O)S1. The third-order valence-corrected chi connectivity index (χ3v) is 7.09. The lowest BCUT2D eigenvalue weighted by molar-refractivity contribution is -0.120. The Balaban J connectivity index is 2.07. The van der Waals surface area contributed by atoms with Crippen molar-refractivity contribution in [3.63, 3.8) is 0 Å². The normalized spacial score (nSPS) is 22.9. The number of hydrogen-bond acceptors (Lipinski definition) is 9. The quantitative estimate of drug-likeness (QED) is 0.403. The van der Waals surface area contributed by atoms with Crippen molar-refractivity contribution < 1.29 is 30.0 Å². The fourth-order valence-corrected chi connectivity index (χ4v) is 5.04. The summed E-state index contributed by atoms with van der Waals surface area (Å²) < 4.78 is 53.3. The maximum absolute atomic E-state index is 12.7. The van der Waals surface area contributed by atoms with Crippen LogP contribution in [0.1, 0.15) is 38.5 Å². The van der Waals surface area contributed by atoms with Gasteiger partial charge in [-0.25, -0.2) is 0 Å². The zero-order valence-corrected chi connectivity index (χ0v) is 18.4. The predicted molar refractivity (Wildman–Crippen MR) is 108 cm³/mol. The minimum absolute atomic E-state index is 0.0307. The molecular formula is C16H26N2O7S3. The van der Waals surface area contributed by atoms with Crippen LogP contribution in [-0.2, 0) is 33.4 Å². The van der Waals surface area contributed by atoms with Crippen molar-refractivity contribution in [1.29, 1.82) is 0 Å². The molecule has 0 aromatic carbocycles. The van der Waals surface area contributed by atoms with Gasteiger partial charge in [0.2, 0.25) is 0 Å². The average molecular weight is 455 g/mol. The van der Waals surface area contributed by atoms with E-state index in [1.807, 2.05) is 0 Å². The van der Waals surface area contributed by atoms with Crippen molar-refractivity contribution in [3.8, 4) is 0 Å². The zero-order valence-electron chi connectivity index (χ0n) is 16.0. The summed E-state index contributed by atoms with van der Waals surface area (Å²) in [5.74, 6) is -0.462. The van der Waals surface area contributed by atoms with Gasteiger partial charge in [0, 0.05) is 6.04 Å². The molecule has 0 radical (unpaired) electrons. The first-order valence-electron chi connectivity index (χ1n) is 8.85. The smallest absolute Gasteiger partial charge is 0.264 e. The first-order valence-corrected chi connectivity index (χ1v) is 13.3. The Bertz CT molecular complexity index is 811. The minimum Gasteiger partial charge on any atom is -0.358 e. The van der Waals surface area contributed by atoms with E-state index in [1.54, 1.807) is 0 Å². The third kappa shape index (κ3) is 7.14. The Morgan fingerprint density at radius 3 is 2.21 bits per heavy atom. The average Bonchev–Trinajstić information content (AvgIpc) is 2.83. The predicted octanol–water partition coefficient (Wildman–Crippen LogP) is 1.18. The lowest BCUT2D eigenvalue weighted by Crippen LogP contribution is -2.38. The van der Waals surface area contributed by atoms with Gasteiger partial charge in [-0.05, 0) is 32.1 Å². The van der Waals surface area contributed by atoms with E-state index in [1.165, 1.54) is 0 Å². The fraction of sp³-hybridized carbons (Fsp3) is 0.750. The van der Waals surface area contributed by atoms with Crippen LogP contribution < -0.4 is 5.32 Å². The number of carbonyl (C=O) groups excluding carboxylic acids is 1. The topological polar surface area (TPSA) is 128 Å². The van der Waals surface area contributed by atoms with E-state index < -0.39 is 30.9 Å². The summed E-state index contributed by atoms with van der Waals surface area (Å²) in [5.41, 5.74) is 1.06. The van der Waals surface area contributed by atoms with Crippen LogP contribution in [0.2, 0.25) is 0 Å². The number of amides is 1. The van der Waals surface area contributed by atoms with Crippen molar-refractivity contribution in [2.24, 2.45) is 4.99 Å². The fourth-order valence-electron chi connectivity index (χ4n) is 3.07. The van der Waals surface area contributed by atoms with Crippen molar-refractivity contribution in [1.82, 2.24) is 5.32 Å². The van der Waals surface area contributed by atoms with Crippen molar-refractivity contribution in [3.05, 3.63) is 12.2 Å². The molecule has 1 saturated carbocycles. The standard InChI is InChI=1S/C16H26N2O7S3/c1-12-6-4-5-7-13(12)17-15-18-14(19)16(26-15,8-10-24-27(2,20)21)9-11-25-28(3,22)23/h13H,1,4-11H2,2-3H3,(H,17,18,19). The molecule has 0 aromatic heterocycles. The summed E-state index contributed by atoms with van der Waals surface area (Å²) in [6.07, 6.45) is 5.91. The number of carbonyl (C=O) groups is 1. The van der Waals surface area contributed by atoms with Crippen LogP contribution >= 0.6 is 11.8 Å². The van der Waals surface area contributed by atoms with Gasteiger partial charge in [0.15, 0.2) is 5.17 Å². The first kappa shape index (κ1) is 23.3. The van der Waals surface area contributed by atoms with Gasteiger partial charge in [0.1, 0.15) is 4.75 Å². The van der Waals surface area contributed by atoms with Crippen LogP contribution in [0.25, 0.3) is 0 Å². The Morgan fingerprint density at radius 2 is 1.71 bits per heavy atom. The summed E-state index contributed by atoms with van der Waals surface area (Å²) in [7, 11) is -7.32.